The minimum Gasteiger partial charge on any atom is -0.493 e. The van der Waals surface area contributed by atoms with Crippen LogP contribution in [0.2, 0.25) is 0 Å². The molecule has 1 heterocycles. The Hall–Kier alpha value is -1.86. The lowest BCUT2D eigenvalue weighted by atomic mass is 10.2. The lowest BCUT2D eigenvalue weighted by molar-refractivity contribution is -0.118. The number of carbonyl (C=O) groups is 1. The van der Waals surface area contributed by atoms with Crippen LogP contribution in [0.1, 0.15) is 10.4 Å². The smallest absolute Gasteiger partial charge is 0.230 e. The van der Waals surface area contributed by atoms with E-state index >= 15 is 0 Å². The number of thiophene rings is 1. The van der Waals surface area contributed by atoms with E-state index in [-0.39, 0.29) is 5.91 Å². The Morgan fingerprint density at radius 2 is 1.88 bits per heavy atom. The first-order chi connectivity index (χ1) is 11.7. The van der Waals surface area contributed by atoms with Gasteiger partial charge in [0.05, 0.1) is 27.1 Å². The van der Waals surface area contributed by atoms with Gasteiger partial charge >= 0.3 is 0 Å². The Kier molecular flexibility index (Phi) is 7.27. The van der Waals surface area contributed by atoms with E-state index in [1.165, 1.54) is 4.88 Å². The number of benzene rings is 1. The molecule has 0 aliphatic rings. The molecule has 5 nitrogen and oxygen atoms in total. The van der Waals surface area contributed by atoms with Gasteiger partial charge in [-0.3, -0.25) is 4.79 Å². The second-order valence-corrected chi connectivity index (χ2v) is 6.90. The molecule has 0 aliphatic heterocycles. The summed E-state index contributed by atoms with van der Waals surface area (Å²) in [5.74, 6) is 2.99. The fourth-order valence-electron chi connectivity index (χ4n) is 2.13. The SMILES string of the molecule is COc1cc(CNC(=O)CSCc2cccs2)cc(OC)c1OC. The van der Waals surface area contributed by atoms with Crippen molar-refractivity contribution in [1.29, 1.82) is 0 Å². The number of ether oxygens (including phenoxy) is 3. The van der Waals surface area contributed by atoms with Crippen molar-refractivity contribution in [2.45, 2.75) is 12.3 Å². The topological polar surface area (TPSA) is 56.8 Å². The van der Waals surface area contributed by atoms with Crippen molar-refractivity contribution in [2.24, 2.45) is 0 Å². The van der Waals surface area contributed by atoms with Crippen LogP contribution in [-0.4, -0.2) is 33.0 Å². The van der Waals surface area contributed by atoms with Crippen molar-refractivity contribution < 1.29 is 19.0 Å². The van der Waals surface area contributed by atoms with Crippen molar-refractivity contribution >= 4 is 29.0 Å². The van der Waals surface area contributed by atoms with Crippen molar-refractivity contribution in [3.63, 3.8) is 0 Å². The lowest BCUT2D eigenvalue weighted by Crippen LogP contribution is -2.24. The van der Waals surface area contributed by atoms with E-state index in [2.05, 4.69) is 11.4 Å². The van der Waals surface area contributed by atoms with Gasteiger partial charge in [-0.2, -0.15) is 0 Å². The Morgan fingerprint density at radius 1 is 1.17 bits per heavy atom. The molecule has 7 heteroatoms. The third-order valence-electron chi connectivity index (χ3n) is 3.27. The highest BCUT2D eigenvalue weighted by atomic mass is 32.2. The average Bonchev–Trinajstić information content (AvgIpc) is 3.12. The molecule has 0 spiro atoms. The molecule has 0 radical (unpaired) electrons. The summed E-state index contributed by atoms with van der Waals surface area (Å²) in [5.41, 5.74) is 0.890. The normalized spacial score (nSPS) is 10.3. The monoisotopic (exact) mass is 367 g/mol. The summed E-state index contributed by atoms with van der Waals surface area (Å²) in [4.78, 5) is 13.2. The molecular formula is C17H21NO4S2. The first-order valence-corrected chi connectivity index (χ1v) is 9.37. The zero-order valence-electron chi connectivity index (χ0n) is 14.0. The Labute approximate surface area is 150 Å². The summed E-state index contributed by atoms with van der Waals surface area (Å²) in [5, 5.41) is 4.95. The molecule has 0 fully saturated rings. The third-order valence-corrected chi connectivity index (χ3v) is 5.31. The number of methoxy groups -OCH3 is 3. The van der Waals surface area contributed by atoms with Gasteiger partial charge in [0.15, 0.2) is 11.5 Å². The summed E-state index contributed by atoms with van der Waals surface area (Å²) >= 11 is 3.31. The molecule has 0 saturated carbocycles. The van der Waals surface area contributed by atoms with Gasteiger partial charge in [0.25, 0.3) is 0 Å². The van der Waals surface area contributed by atoms with Crippen LogP contribution in [0, 0.1) is 0 Å². The van der Waals surface area contributed by atoms with E-state index < -0.39 is 0 Å². The van der Waals surface area contributed by atoms with Crippen molar-refractivity contribution in [1.82, 2.24) is 5.32 Å². The van der Waals surface area contributed by atoms with Crippen LogP contribution in [0.4, 0.5) is 0 Å². The second kappa shape index (κ2) is 9.44. The number of hydrogen-bond acceptors (Lipinski definition) is 6. The minimum absolute atomic E-state index is 0.00491. The first kappa shape index (κ1) is 18.5. The molecule has 2 rings (SSSR count). The molecule has 130 valence electrons. The average molecular weight is 367 g/mol. The fourth-order valence-corrected chi connectivity index (χ4v) is 3.83. The van der Waals surface area contributed by atoms with E-state index in [1.807, 2.05) is 23.6 Å². The highest BCUT2D eigenvalue weighted by Gasteiger charge is 2.13. The molecule has 0 atom stereocenters. The highest BCUT2D eigenvalue weighted by Crippen LogP contribution is 2.38. The molecule has 1 aromatic carbocycles. The van der Waals surface area contributed by atoms with E-state index in [4.69, 9.17) is 14.2 Å². The van der Waals surface area contributed by atoms with E-state index in [1.54, 1.807) is 44.4 Å². The van der Waals surface area contributed by atoms with E-state index in [0.29, 0.717) is 29.5 Å². The molecule has 1 amide bonds. The molecule has 2 aromatic rings. The molecule has 0 unspecified atom stereocenters. The Bertz CT molecular complexity index is 634. The van der Waals surface area contributed by atoms with Gasteiger partial charge in [-0.15, -0.1) is 23.1 Å². The highest BCUT2D eigenvalue weighted by molar-refractivity contribution is 7.99. The van der Waals surface area contributed by atoms with Gasteiger partial charge in [-0.05, 0) is 29.1 Å². The molecule has 0 aliphatic carbocycles. The number of amides is 1. The largest absolute Gasteiger partial charge is 0.493 e. The van der Waals surface area contributed by atoms with Gasteiger partial charge in [0.1, 0.15) is 0 Å². The number of thioether (sulfide) groups is 1. The minimum atomic E-state index is 0.00491. The van der Waals surface area contributed by atoms with Gasteiger partial charge in [0.2, 0.25) is 11.7 Å². The summed E-state index contributed by atoms with van der Waals surface area (Å²) in [7, 11) is 4.70. The van der Waals surface area contributed by atoms with E-state index in [0.717, 1.165) is 11.3 Å². The van der Waals surface area contributed by atoms with Crippen LogP contribution in [0.25, 0.3) is 0 Å². The standard InChI is InChI=1S/C17H21NO4S2/c1-20-14-7-12(8-15(21-2)17(14)22-3)9-18-16(19)11-23-10-13-5-4-6-24-13/h4-8H,9-11H2,1-3H3,(H,18,19). The number of rotatable bonds is 9. The van der Waals surface area contributed by atoms with Crippen LogP contribution in [0.5, 0.6) is 17.2 Å². The zero-order valence-corrected chi connectivity index (χ0v) is 15.6. The van der Waals surface area contributed by atoms with Crippen molar-refractivity contribution in [3.8, 4) is 17.2 Å². The molecular weight excluding hydrogens is 346 g/mol. The molecule has 1 aromatic heterocycles. The molecule has 0 saturated heterocycles. The maximum atomic E-state index is 12.0. The summed E-state index contributed by atoms with van der Waals surface area (Å²) in [6, 6.07) is 7.76. The number of carbonyl (C=O) groups excluding carboxylic acids is 1. The third kappa shape index (κ3) is 5.07. The summed E-state index contributed by atoms with van der Waals surface area (Å²) < 4.78 is 15.9. The fraction of sp³-hybridized carbons (Fsp3) is 0.353. The van der Waals surface area contributed by atoms with Crippen molar-refractivity contribution in [2.75, 3.05) is 27.1 Å². The maximum absolute atomic E-state index is 12.0. The van der Waals surface area contributed by atoms with Gasteiger partial charge in [-0.25, -0.2) is 0 Å². The van der Waals surface area contributed by atoms with Gasteiger partial charge in [0, 0.05) is 17.2 Å². The van der Waals surface area contributed by atoms with Crippen LogP contribution < -0.4 is 19.5 Å². The van der Waals surface area contributed by atoms with Crippen molar-refractivity contribution in [3.05, 3.63) is 40.1 Å². The number of nitrogens with one attached hydrogen (secondary N) is 1. The molecule has 1 N–H and O–H groups in total. The molecule has 0 bridgehead atoms. The maximum Gasteiger partial charge on any atom is 0.230 e. The summed E-state index contributed by atoms with van der Waals surface area (Å²) in [6.07, 6.45) is 0. The predicted molar refractivity (Wildman–Crippen MR) is 98.4 cm³/mol. The number of hydrogen-bond donors (Lipinski definition) is 1. The van der Waals surface area contributed by atoms with Crippen LogP contribution in [-0.2, 0) is 17.1 Å². The van der Waals surface area contributed by atoms with Gasteiger partial charge < -0.3 is 19.5 Å². The quantitative estimate of drug-likeness (QED) is 0.737. The van der Waals surface area contributed by atoms with Crippen LogP contribution in [0.15, 0.2) is 29.6 Å². The van der Waals surface area contributed by atoms with E-state index in [9.17, 15) is 4.79 Å². The second-order valence-electron chi connectivity index (χ2n) is 4.88. The van der Waals surface area contributed by atoms with Crippen LogP contribution in [0.3, 0.4) is 0 Å². The predicted octanol–water partition coefficient (Wildman–Crippen LogP) is 3.32. The lowest BCUT2D eigenvalue weighted by Gasteiger charge is -2.14. The Morgan fingerprint density at radius 3 is 2.42 bits per heavy atom. The first-order valence-electron chi connectivity index (χ1n) is 7.33. The van der Waals surface area contributed by atoms with Gasteiger partial charge in [-0.1, -0.05) is 6.07 Å². The Balaban J connectivity index is 1.87. The zero-order chi connectivity index (χ0) is 17.4. The summed E-state index contributed by atoms with van der Waals surface area (Å²) in [6.45, 7) is 0.412. The van der Waals surface area contributed by atoms with Crippen LogP contribution >= 0.6 is 23.1 Å². The molecule has 24 heavy (non-hydrogen) atoms.